The number of phenols is 1. The first-order valence-corrected chi connectivity index (χ1v) is 3.83. The van der Waals surface area contributed by atoms with Crippen molar-refractivity contribution < 1.29 is 5.11 Å². The number of aromatic nitrogens is 1. The normalized spacial score (nSPS) is 10.5. The Bertz CT molecular complexity index is 473. The van der Waals surface area contributed by atoms with Gasteiger partial charge >= 0.3 is 0 Å². The molecule has 0 aliphatic carbocycles. The van der Waals surface area contributed by atoms with Crippen LogP contribution in [0.15, 0.2) is 24.4 Å². The van der Waals surface area contributed by atoms with Crippen molar-refractivity contribution in [3.05, 3.63) is 30.0 Å². The van der Waals surface area contributed by atoms with Crippen LogP contribution < -0.4 is 5.73 Å². The number of amidine groups is 1. The third kappa shape index (κ3) is 1.12. The lowest BCUT2D eigenvalue weighted by Gasteiger charge is -1.95. The van der Waals surface area contributed by atoms with Crippen LogP contribution in [-0.4, -0.2) is 15.9 Å². The van der Waals surface area contributed by atoms with Gasteiger partial charge in [-0.25, -0.2) is 0 Å². The van der Waals surface area contributed by atoms with Gasteiger partial charge in [-0.15, -0.1) is 0 Å². The Morgan fingerprint density at radius 2 is 2.23 bits per heavy atom. The minimum absolute atomic E-state index is 0.00292. The van der Waals surface area contributed by atoms with E-state index < -0.39 is 0 Å². The van der Waals surface area contributed by atoms with Gasteiger partial charge in [-0.2, -0.15) is 0 Å². The molecule has 0 radical (unpaired) electrons. The Morgan fingerprint density at radius 1 is 1.46 bits per heavy atom. The van der Waals surface area contributed by atoms with E-state index in [0.717, 1.165) is 10.9 Å². The molecule has 66 valence electrons. The van der Waals surface area contributed by atoms with Gasteiger partial charge < -0.3 is 15.8 Å². The van der Waals surface area contributed by atoms with E-state index in [2.05, 4.69) is 4.98 Å². The number of aromatic amines is 1. The van der Waals surface area contributed by atoms with E-state index in [1.807, 2.05) is 0 Å². The van der Waals surface area contributed by atoms with E-state index in [0.29, 0.717) is 5.56 Å². The van der Waals surface area contributed by atoms with Gasteiger partial charge in [-0.05, 0) is 18.2 Å². The molecule has 2 rings (SSSR count). The Hall–Kier alpha value is -1.97. The topological polar surface area (TPSA) is 85.9 Å². The number of benzene rings is 1. The molecule has 0 saturated heterocycles. The molecule has 1 heterocycles. The van der Waals surface area contributed by atoms with Crippen molar-refractivity contribution >= 4 is 16.7 Å². The maximum atomic E-state index is 9.23. The molecule has 0 atom stereocenters. The fraction of sp³-hybridized carbons (Fsp3) is 0. The van der Waals surface area contributed by atoms with Crippen molar-refractivity contribution in [1.82, 2.24) is 4.98 Å². The molecule has 0 amide bonds. The van der Waals surface area contributed by atoms with Gasteiger partial charge in [0.05, 0.1) is 0 Å². The molecule has 4 heteroatoms. The lowest BCUT2D eigenvalue weighted by atomic mass is 10.1. The van der Waals surface area contributed by atoms with Crippen molar-refractivity contribution in [2.24, 2.45) is 5.73 Å². The van der Waals surface area contributed by atoms with E-state index in [-0.39, 0.29) is 11.6 Å². The van der Waals surface area contributed by atoms with E-state index in [1.165, 1.54) is 0 Å². The second-order valence-corrected chi connectivity index (χ2v) is 2.85. The minimum atomic E-state index is -0.00292. The summed E-state index contributed by atoms with van der Waals surface area (Å²) in [4.78, 5) is 2.96. The smallest absolute Gasteiger partial charge is 0.124 e. The van der Waals surface area contributed by atoms with Gasteiger partial charge in [0.2, 0.25) is 0 Å². The molecule has 13 heavy (non-hydrogen) atoms. The minimum Gasteiger partial charge on any atom is -0.508 e. The maximum Gasteiger partial charge on any atom is 0.124 e. The summed E-state index contributed by atoms with van der Waals surface area (Å²) in [5, 5.41) is 17.3. The third-order valence-electron chi connectivity index (χ3n) is 1.96. The molecule has 0 aliphatic heterocycles. The lowest BCUT2D eigenvalue weighted by Crippen LogP contribution is -2.09. The SMILES string of the molecule is N=C(N)c1c[nH]c2ccc(O)cc12. The van der Waals surface area contributed by atoms with Crippen LogP contribution in [0.4, 0.5) is 0 Å². The second-order valence-electron chi connectivity index (χ2n) is 2.85. The molecule has 0 spiro atoms. The second kappa shape index (κ2) is 2.52. The van der Waals surface area contributed by atoms with Crippen LogP contribution in [0, 0.1) is 5.41 Å². The number of hydrogen-bond donors (Lipinski definition) is 4. The third-order valence-corrected chi connectivity index (χ3v) is 1.96. The van der Waals surface area contributed by atoms with Gasteiger partial charge in [0.15, 0.2) is 0 Å². The number of nitrogens with one attached hydrogen (secondary N) is 2. The van der Waals surface area contributed by atoms with Crippen molar-refractivity contribution in [2.75, 3.05) is 0 Å². The number of hydrogen-bond acceptors (Lipinski definition) is 2. The molecule has 0 bridgehead atoms. The van der Waals surface area contributed by atoms with Gasteiger partial charge in [0.25, 0.3) is 0 Å². The molecular formula is C9H9N3O. The van der Waals surface area contributed by atoms with Crippen LogP contribution in [-0.2, 0) is 0 Å². The molecule has 0 fully saturated rings. The average molecular weight is 175 g/mol. The van der Waals surface area contributed by atoms with Gasteiger partial charge in [-0.1, -0.05) is 0 Å². The number of H-pyrrole nitrogens is 1. The van der Waals surface area contributed by atoms with E-state index in [9.17, 15) is 5.11 Å². The Kier molecular flexibility index (Phi) is 1.48. The summed E-state index contributed by atoms with van der Waals surface area (Å²) in [7, 11) is 0. The highest BCUT2D eigenvalue weighted by Crippen LogP contribution is 2.22. The number of nitrogen functional groups attached to an aromatic ring is 1. The Balaban J connectivity index is 2.79. The van der Waals surface area contributed by atoms with Crippen LogP contribution >= 0.6 is 0 Å². The van der Waals surface area contributed by atoms with Crippen molar-refractivity contribution in [2.45, 2.75) is 0 Å². The molecule has 1 aromatic heterocycles. The quantitative estimate of drug-likeness (QED) is 0.387. The zero-order valence-electron chi connectivity index (χ0n) is 6.83. The number of fused-ring (bicyclic) bond motifs is 1. The Labute approximate surface area is 74.5 Å². The van der Waals surface area contributed by atoms with Crippen LogP contribution in [0.25, 0.3) is 10.9 Å². The van der Waals surface area contributed by atoms with E-state index >= 15 is 0 Å². The number of aromatic hydroxyl groups is 1. The van der Waals surface area contributed by atoms with Crippen LogP contribution in [0.2, 0.25) is 0 Å². The first-order valence-electron chi connectivity index (χ1n) is 3.83. The summed E-state index contributed by atoms with van der Waals surface area (Å²) in [6, 6.07) is 4.92. The molecule has 0 unspecified atom stereocenters. The van der Waals surface area contributed by atoms with Gasteiger partial charge in [0, 0.05) is 22.7 Å². The monoisotopic (exact) mass is 175 g/mol. The van der Waals surface area contributed by atoms with Crippen LogP contribution in [0.3, 0.4) is 0 Å². The molecule has 0 aliphatic rings. The predicted octanol–water partition coefficient (Wildman–Crippen LogP) is 1.16. The largest absolute Gasteiger partial charge is 0.508 e. The highest BCUT2D eigenvalue weighted by molar-refractivity contribution is 6.07. The fourth-order valence-corrected chi connectivity index (χ4v) is 1.33. The maximum absolute atomic E-state index is 9.23. The standard InChI is InChI=1S/C9H9N3O/c10-9(11)7-4-12-8-2-1-5(13)3-6(7)8/h1-4,12-13H,(H3,10,11). The first-order chi connectivity index (χ1) is 6.18. The summed E-state index contributed by atoms with van der Waals surface area (Å²) in [6.45, 7) is 0. The van der Waals surface area contributed by atoms with E-state index in [4.69, 9.17) is 11.1 Å². The number of phenolic OH excluding ortho intramolecular Hbond substituents is 1. The summed E-state index contributed by atoms with van der Waals surface area (Å²) in [6.07, 6.45) is 1.66. The highest BCUT2D eigenvalue weighted by atomic mass is 16.3. The van der Waals surface area contributed by atoms with Crippen LogP contribution in [0.1, 0.15) is 5.56 Å². The molecular weight excluding hydrogens is 166 g/mol. The fourth-order valence-electron chi connectivity index (χ4n) is 1.33. The number of nitrogens with two attached hydrogens (primary N) is 1. The van der Waals surface area contributed by atoms with Crippen LogP contribution in [0.5, 0.6) is 5.75 Å². The number of rotatable bonds is 1. The molecule has 5 N–H and O–H groups in total. The lowest BCUT2D eigenvalue weighted by molar-refractivity contribution is 0.476. The summed E-state index contributed by atoms with van der Waals surface area (Å²) in [5.41, 5.74) is 6.84. The van der Waals surface area contributed by atoms with Gasteiger partial charge in [-0.3, -0.25) is 5.41 Å². The molecule has 4 nitrogen and oxygen atoms in total. The zero-order chi connectivity index (χ0) is 9.42. The van der Waals surface area contributed by atoms with Gasteiger partial charge in [0.1, 0.15) is 11.6 Å². The van der Waals surface area contributed by atoms with Crippen molar-refractivity contribution in [1.29, 1.82) is 5.41 Å². The highest BCUT2D eigenvalue weighted by Gasteiger charge is 2.05. The predicted molar refractivity (Wildman–Crippen MR) is 51.0 cm³/mol. The van der Waals surface area contributed by atoms with Crippen molar-refractivity contribution in [3.8, 4) is 5.75 Å². The zero-order valence-corrected chi connectivity index (χ0v) is 6.83. The van der Waals surface area contributed by atoms with Crippen molar-refractivity contribution in [3.63, 3.8) is 0 Å². The summed E-state index contributed by atoms with van der Waals surface area (Å²) >= 11 is 0. The summed E-state index contributed by atoms with van der Waals surface area (Å²) in [5.74, 6) is 0.173. The molecule has 2 aromatic rings. The molecule has 1 aromatic carbocycles. The first kappa shape index (κ1) is 7.67. The summed E-state index contributed by atoms with van der Waals surface area (Å²) < 4.78 is 0. The Morgan fingerprint density at radius 3 is 2.92 bits per heavy atom. The molecule has 0 saturated carbocycles. The average Bonchev–Trinajstić information content (AvgIpc) is 2.46. The van der Waals surface area contributed by atoms with E-state index in [1.54, 1.807) is 24.4 Å².